The minimum Gasteiger partial charge on any atom is -0.382 e. The van der Waals surface area contributed by atoms with Crippen molar-refractivity contribution in [2.45, 2.75) is 32.4 Å². The summed E-state index contributed by atoms with van der Waals surface area (Å²) < 4.78 is 5.35. The summed E-state index contributed by atoms with van der Waals surface area (Å²) in [6, 6.07) is 11.4. The van der Waals surface area contributed by atoms with Crippen LogP contribution >= 0.6 is 0 Å². The molecule has 1 fully saturated rings. The zero-order valence-electron chi connectivity index (χ0n) is 12.0. The van der Waals surface area contributed by atoms with Gasteiger partial charge < -0.3 is 10.1 Å². The number of nitrogens with zero attached hydrogens (tertiary/aromatic N) is 1. The quantitative estimate of drug-likeness (QED) is 0.727. The van der Waals surface area contributed by atoms with Gasteiger partial charge in [0.2, 0.25) is 0 Å². The van der Waals surface area contributed by atoms with Crippen molar-refractivity contribution in [1.82, 2.24) is 10.2 Å². The standard InChI is InChI=1S/C16H26N2O/c1-2-19-12-6-10-17-16-9-11-18(14-16)13-15-7-4-3-5-8-15/h3-5,7-8,16-17H,2,6,9-14H2,1H3. The maximum Gasteiger partial charge on any atom is 0.0477 e. The lowest BCUT2D eigenvalue weighted by molar-refractivity contribution is 0.144. The molecule has 106 valence electrons. The van der Waals surface area contributed by atoms with E-state index in [2.05, 4.69) is 40.5 Å². The van der Waals surface area contributed by atoms with Crippen LogP contribution in [0.5, 0.6) is 0 Å². The SMILES string of the molecule is CCOCCCNC1CCN(Cc2ccccc2)C1. The van der Waals surface area contributed by atoms with Crippen LogP contribution in [0.15, 0.2) is 30.3 Å². The summed E-state index contributed by atoms with van der Waals surface area (Å²) >= 11 is 0. The van der Waals surface area contributed by atoms with Gasteiger partial charge in [-0.15, -0.1) is 0 Å². The number of hydrogen-bond acceptors (Lipinski definition) is 3. The van der Waals surface area contributed by atoms with Crippen LogP contribution < -0.4 is 5.32 Å². The zero-order chi connectivity index (χ0) is 13.3. The molecule has 0 radical (unpaired) electrons. The fourth-order valence-electron chi connectivity index (χ4n) is 2.61. The van der Waals surface area contributed by atoms with Gasteiger partial charge in [0.05, 0.1) is 0 Å². The van der Waals surface area contributed by atoms with Gasteiger partial charge in [-0.05, 0) is 31.9 Å². The van der Waals surface area contributed by atoms with Crippen molar-refractivity contribution in [1.29, 1.82) is 0 Å². The minimum atomic E-state index is 0.658. The van der Waals surface area contributed by atoms with Crippen molar-refractivity contribution < 1.29 is 4.74 Å². The first-order valence-corrected chi connectivity index (χ1v) is 7.46. The molecular formula is C16H26N2O. The maximum absolute atomic E-state index is 5.35. The summed E-state index contributed by atoms with van der Waals surface area (Å²) in [4.78, 5) is 2.54. The molecule has 0 aromatic heterocycles. The number of likely N-dealkylation sites (tertiary alicyclic amines) is 1. The third-order valence-corrected chi connectivity index (χ3v) is 3.62. The summed E-state index contributed by atoms with van der Waals surface area (Å²) in [6.45, 7) is 8.29. The molecule has 1 saturated heterocycles. The first-order valence-electron chi connectivity index (χ1n) is 7.46. The van der Waals surface area contributed by atoms with E-state index in [1.807, 2.05) is 6.92 Å². The summed E-state index contributed by atoms with van der Waals surface area (Å²) in [5.74, 6) is 0. The number of rotatable bonds is 8. The lowest BCUT2D eigenvalue weighted by Gasteiger charge is -2.16. The van der Waals surface area contributed by atoms with E-state index < -0.39 is 0 Å². The smallest absolute Gasteiger partial charge is 0.0477 e. The fourth-order valence-corrected chi connectivity index (χ4v) is 2.61. The van der Waals surface area contributed by atoms with Crippen LogP contribution in [0, 0.1) is 0 Å². The highest BCUT2D eigenvalue weighted by atomic mass is 16.5. The molecule has 0 amide bonds. The van der Waals surface area contributed by atoms with Crippen LogP contribution in [-0.4, -0.2) is 43.8 Å². The Balaban J connectivity index is 1.60. The lowest BCUT2D eigenvalue weighted by Crippen LogP contribution is -2.33. The molecule has 0 spiro atoms. The average molecular weight is 262 g/mol. The predicted molar refractivity (Wildman–Crippen MR) is 79.2 cm³/mol. The van der Waals surface area contributed by atoms with E-state index in [1.165, 1.54) is 25.1 Å². The van der Waals surface area contributed by atoms with Gasteiger partial charge in [0, 0.05) is 38.9 Å². The number of benzene rings is 1. The van der Waals surface area contributed by atoms with Crippen molar-refractivity contribution in [3.63, 3.8) is 0 Å². The molecule has 0 aliphatic carbocycles. The summed E-state index contributed by atoms with van der Waals surface area (Å²) in [7, 11) is 0. The fraction of sp³-hybridized carbons (Fsp3) is 0.625. The highest BCUT2D eigenvalue weighted by Crippen LogP contribution is 2.13. The third kappa shape index (κ3) is 5.31. The van der Waals surface area contributed by atoms with Crippen molar-refractivity contribution in [2.75, 3.05) is 32.8 Å². The van der Waals surface area contributed by atoms with Gasteiger partial charge in [-0.3, -0.25) is 4.90 Å². The molecule has 1 aromatic rings. The second-order valence-electron chi connectivity index (χ2n) is 5.21. The lowest BCUT2D eigenvalue weighted by atomic mass is 10.2. The van der Waals surface area contributed by atoms with Crippen LogP contribution in [0.1, 0.15) is 25.3 Å². The monoisotopic (exact) mass is 262 g/mol. The highest BCUT2D eigenvalue weighted by molar-refractivity contribution is 5.14. The van der Waals surface area contributed by atoms with E-state index in [4.69, 9.17) is 4.74 Å². The molecule has 1 unspecified atom stereocenters. The van der Waals surface area contributed by atoms with E-state index in [0.717, 1.165) is 32.7 Å². The van der Waals surface area contributed by atoms with Crippen LogP contribution in [0.3, 0.4) is 0 Å². The van der Waals surface area contributed by atoms with E-state index >= 15 is 0 Å². The van der Waals surface area contributed by atoms with Gasteiger partial charge in [0.15, 0.2) is 0 Å². The Morgan fingerprint density at radius 3 is 2.95 bits per heavy atom. The Kier molecular flexibility index (Phi) is 6.34. The van der Waals surface area contributed by atoms with E-state index in [9.17, 15) is 0 Å². The van der Waals surface area contributed by atoms with Gasteiger partial charge in [0.1, 0.15) is 0 Å². The normalized spacial score (nSPS) is 19.9. The molecule has 0 saturated carbocycles. The highest BCUT2D eigenvalue weighted by Gasteiger charge is 2.21. The largest absolute Gasteiger partial charge is 0.382 e. The Bertz CT molecular complexity index is 342. The maximum atomic E-state index is 5.35. The van der Waals surface area contributed by atoms with Gasteiger partial charge in [-0.25, -0.2) is 0 Å². The van der Waals surface area contributed by atoms with E-state index in [1.54, 1.807) is 0 Å². The predicted octanol–water partition coefficient (Wildman–Crippen LogP) is 2.28. The van der Waals surface area contributed by atoms with Crippen molar-refractivity contribution in [2.24, 2.45) is 0 Å². The van der Waals surface area contributed by atoms with Crippen molar-refractivity contribution >= 4 is 0 Å². The van der Waals surface area contributed by atoms with Gasteiger partial charge in [-0.1, -0.05) is 30.3 Å². The number of nitrogens with one attached hydrogen (secondary N) is 1. The molecule has 3 nitrogen and oxygen atoms in total. The molecule has 1 aliphatic heterocycles. The summed E-state index contributed by atoms with van der Waals surface area (Å²) in [5, 5.41) is 3.63. The second kappa shape index (κ2) is 8.31. The summed E-state index contributed by atoms with van der Waals surface area (Å²) in [6.07, 6.45) is 2.38. The van der Waals surface area contributed by atoms with Crippen molar-refractivity contribution in [3.8, 4) is 0 Å². The number of hydrogen-bond donors (Lipinski definition) is 1. The third-order valence-electron chi connectivity index (χ3n) is 3.62. The molecule has 1 N–H and O–H groups in total. The molecular weight excluding hydrogens is 236 g/mol. The first-order chi connectivity index (χ1) is 9.38. The molecule has 1 heterocycles. The Hall–Kier alpha value is -0.900. The Morgan fingerprint density at radius 1 is 1.32 bits per heavy atom. The zero-order valence-corrected chi connectivity index (χ0v) is 12.0. The van der Waals surface area contributed by atoms with Crippen LogP contribution in [0.2, 0.25) is 0 Å². The summed E-state index contributed by atoms with van der Waals surface area (Å²) in [5.41, 5.74) is 1.42. The average Bonchev–Trinajstić information content (AvgIpc) is 2.87. The van der Waals surface area contributed by atoms with Crippen LogP contribution in [0.25, 0.3) is 0 Å². The molecule has 2 rings (SSSR count). The molecule has 3 heteroatoms. The van der Waals surface area contributed by atoms with E-state index in [-0.39, 0.29) is 0 Å². The number of ether oxygens (including phenoxy) is 1. The Morgan fingerprint density at radius 2 is 2.16 bits per heavy atom. The molecule has 1 aliphatic rings. The van der Waals surface area contributed by atoms with Gasteiger partial charge >= 0.3 is 0 Å². The molecule has 1 aromatic carbocycles. The van der Waals surface area contributed by atoms with Crippen molar-refractivity contribution in [3.05, 3.63) is 35.9 Å². The van der Waals surface area contributed by atoms with E-state index in [0.29, 0.717) is 6.04 Å². The molecule has 0 bridgehead atoms. The van der Waals surface area contributed by atoms with Crippen LogP contribution in [0.4, 0.5) is 0 Å². The Labute approximate surface area is 116 Å². The molecule has 1 atom stereocenters. The molecule has 19 heavy (non-hydrogen) atoms. The van der Waals surface area contributed by atoms with Crippen LogP contribution in [-0.2, 0) is 11.3 Å². The first kappa shape index (κ1) is 14.5. The minimum absolute atomic E-state index is 0.658. The topological polar surface area (TPSA) is 24.5 Å². The second-order valence-corrected chi connectivity index (χ2v) is 5.21. The van der Waals surface area contributed by atoms with Gasteiger partial charge in [-0.2, -0.15) is 0 Å². The van der Waals surface area contributed by atoms with Gasteiger partial charge in [0.25, 0.3) is 0 Å².